The normalized spacial score (nSPS) is 22.0. The molecule has 0 aliphatic heterocycles. The summed E-state index contributed by atoms with van der Waals surface area (Å²) in [6.45, 7) is 5.60. The Labute approximate surface area is 111 Å². The van der Waals surface area contributed by atoms with Gasteiger partial charge in [0.25, 0.3) is 0 Å². The van der Waals surface area contributed by atoms with Crippen molar-refractivity contribution in [1.82, 2.24) is 9.78 Å². The molecule has 0 amide bonds. The molecule has 1 aromatic rings. The van der Waals surface area contributed by atoms with Gasteiger partial charge in [-0.2, -0.15) is 5.10 Å². The van der Waals surface area contributed by atoms with Crippen LogP contribution in [0.1, 0.15) is 51.5 Å². The Kier molecular flexibility index (Phi) is 3.81. The Morgan fingerprint density at radius 2 is 1.94 bits per heavy atom. The zero-order chi connectivity index (χ0) is 13.2. The van der Waals surface area contributed by atoms with E-state index in [-0.39, 0.29) is 0 Å². The van der Waals surface area contributed by atoms with Crippen LogP contribution in [0.15, 0.2) is 12.4 Å². The van der Waals surface area contributed by atoms with Crippen molar-refractivity contribution >= 4 is 0 Å². The molecule has 3 nitrogen and oxygen atoms in total. The highest BCUT2D eigenvalue weighted by Gasteiger charge is 2.36. The largest absolute Gasteiger partial charge is 0.330 e. The van der Waals surface area contributed by atoms with Crippen molar-refractivity contribution in [3.8, 4) is 0 Å². The van der Waals surface area contributed by atoms with E-state index in [9.17, 15) is 0 Å². The molecule has 1 heterocycles. The van der Waals surface area contributed by atoms with E-state index in [1.165, 1.54) is 37.7 Å². The molecule has 3 heteroatoms. The van der Waals surface area contributed by atoms with Gasteiger partial charge in [-0.1, -0.05) is 13.8 Å². The van der Waals surface area contributed by atoms with Crippen molar-refractivity contribution in [2.75, 3.05) is 6.54 Å². The second kappa shape index (κ2) is 5.04. The van der Waals surface area contributed by atoms with E-state index in [4.69, 9.17) is 5.73 Å². The van der Waals surface area contributed by atoms with Crippen LogP contribution in [0.2, 0.25) is 0 Å². The van der Waals surface area contributed by atoms with Gasteiger partial charge < -0.3 is 5.73 Å². The zero-order valence-electron chi connectivity index (χ0n) is 12.1. The number of hydrogen-bond donors (Lipinski definition) is 1. The molecule has 0 saturated heterocycles. The van der Waals surface area contributed by atoms with Gasteiger partial charge in [0.05, 0.1) is 6.20 Å². The van der Waals surface area contributed by atoms with Gasteiger partial charge in [0, 0.05) is 13.2 Å². The summed E-state index contributed by atoms with van der Waals surface area (Å²) in [5.74, 6) is 0. The third-order valence-electron chi connectivity index (χ3n) is 4.80. The van der Waals surface area contributed by atoms with Crippen LogP contribution in [0.3, 0.4) is 0 Å². The average Bonchev–Trinajstić information content (AvgIpc) is 2.75. The Hall–Kier alpha value is -0.830. The summed E-state index contributed by atoms with van der Waals surface area (Å²) >= 11 is 0. The molecule has 0 bridgehead atoms. The minimum absolute atomic E-state index is 0.380. The van der Waals surface area contributed by atoms with Crippen LogP contribution in [0.5, 0.6) is 0 Å². The lowest BCUT2D eigenvalue weighted by molar-refractivity contribution is 0.0997. The maximum Gasteiger partial charge on any atom is 0.0521 e. The molecule has 1 fully saturated rings. The Balaban J connectivity index is 1.93. The molecular weight excluding hydrogens is 222 g/mol. The second-order valence-corrected chi connectivity index (χ2v) is 6.89. The maximum atomic E-state index is 6.08. The van der Waals surface area contributed by atoms with E-state index < -0.39 is 0 Å². The summed E-state index contributed by atoms with van der Waals surface area (Å²) < 4.78 is 1.88. The van der Waals surface area contributed by atoms with Crippen molar-refractivity contribution in [3.05, 3.63) is 18.0 Å². The van der Waals surface area contributed by atoms with Crippen LogP contribution in [-0.2, 0) is 13.5 Å². The van der Waals surface area contributed by atoms with E-state index in [0.29, 0.717) is 10.8 Å². The molecule has 0 aromatic carbocycles. The Morgan fingerprint density at radius 3 is 2.44 bits per heavy atom. The molecular formula is C15H27N3. The van der Waals surface area contributed by atoms with Gasteiger partial charge in [-0.25, -0.2) is 0 Å². The predicted octanol–water partition coefficient (Wildman–Crippen LogP) is 2.90. The van der Waals surface area contributed by atoms with Crippen LogP contribution < -0.4 is 5.73 Å². The van der Waals surface area contributed by atoms with Crippen LogP contribution in [0.4, 0.5) is 0 Å². The minimum atomic E-state index is 0.380. The number of rotatable bonds is 4. The lowest BCUT2D eigenvalue weighted by Crippen LogP contribution is -2.37. The Bertz CT molecular complexity index is 382. The van der Waals surface area contributed by atoms with Crippen LogP contribution >= 0.6 is 0 Å². The first-order valence-corrected chi connectivity index (χ1v) is 7.12. The highest BCUT2D eigenvalue weighted by molar-refractivity contribution is 5.05. The minimum Gasteiger partial charge on any atom is -0.330 e. The first-order valence-electron chi connectivity index (χ1n) is 7.12. The molecule has 2 N–H and O–H groups in total. The first kappa shape index (κ1) is 13.6. The maximum absolute atomic E-state index is 6.08. The summed E-state index contributed by atoms with van der Waals surface area (Å²) in [4.78, 5) is 0. The summed E-state index contributed by atoms with van der Waals surface area (Å²) in [7, 11) is 1.98. The highest BCUT2D eigenvalue weighted by Crippen LogP contribution is 2.46. The molecule has 1 aliphatic rings. The number of hydrogen-bond acceptors (Lipinski definition) is 2. The number of nitrogens with two attached hydrogens (primary N) is 1. The third-order valence-corrected chi connectivity index (χ3v) is 4.80. The van der Waals surface area contributed by atoms with Crippen molar-refractivity contribution in [2.45, 2.75) is 52.4 Å². The number of nitrogens with zero attached hydrogens (tertiary/aromatic N) is 2. The van der Waals surface area contributed by atoms with Crippen LogP contribution in [-0.4, -0.2) is 16.3 Å². The molecule has 1 aliphatic carbocycles. The van der Waals surface area contributed by atoms with Crippen molar-refractivity contribution < 1.29 is 0 Å². The molecule has 18 heavy (non-hydrogen) atoms. The summed E-state index contributed by atoms with van der Waals surface area (Å²) in [5, 5.41) is 4.24. The van der Waals surface area contributed by atoms with E-state index in [2.05, 4.69) is 25.1 Å². The third kappa shape index (κ3) is 3.14. The molecule has 0 unspecified atom stereocenters. The smallest absolute Gasteiger partial charge is 0.0521 e. The fourth-order valence-corrected chi connectivity index (χ4v) is 3.02. The molecule has 1 aromatic heterocycles. The predicted molar refractivity (Wildman–Crippen MR) is 75.3 cm³/mol. The SMILES string of the molecule is Cn1cc(CCC2(CN)CCC(C)(C)CC2)cn1. The molecule has 0 spiro atoms. The molecule has 1 saturated carbocycles. The van der Waals surface area contributed by atoms with Gasteiger partial charge in [0.1, 0.15) is 0 Å². The van der Waals surface area contributed by atoms with Gasteiger partial charge in [-0.3, -0.25) is 4.68 Å². The van der Waals surface area contributed by atoms with Crippen molar-refractivity contribution in [3.63, 3.8) is 0 Å². The van der Waals surface area contributed by atoms with Gasteiger partial charge in [0.15, 0.2) is 0 Å². The van der Waals surface area contributed by atoms with Crippen LogP contribution in [0.25, 0.3) is 0 Å². The monoisotopic (exact) mass is 249 g/mol. The van der Waals surface area contributed by atoms with E-state index in [0.717, 1.165) is 13.0 Å². The number of aryl methyl sites for hydroxylation is 2. The quantitative estimate of drug-likeness (QED) is 0.891. The van der Waals surface area contributed by atoms with E-state index in [1.54, 1.807) is 0 Å². The van der Waals surface area contributed by atoms with Gasteiger partial charge in [0.2, 0.25) is 0 Å². The molecule has 102 valence electrons. The average molecular weight is 249 g/mol. The Morgan fingerprint density at radius 1 is 1.28 bits per heavy atom. The summed E-state index contributed by atoms with van der Waals surface area (Å²) in [5.41, 5.74) is 8.32. The van der Waals surface area contributed by atoms with Crippen LogP contribution in [0, 0.1) is 10.8 Å². The van der Waals surface area contributed by atoms with Crippen molar-refractivity contribution in [2.24, 2.45) is 23.6 Å². The fraction of sp³-hybridized carbons (Fsp3) is 0.800. The molecule has 2 rings (SSSR count). The topological polar surface area (TPSA) is 43.8 Å². The zero-order valence-corrected chi connectivity index (χ0v) is 12.1. The van der Waals surface area contributed by atoms with E-state index in [1.807, 2.05) is 17.9 Å². The van der Waals surface area contributed by atoms with Gasteiger partial charge in [-0.15, -0.1) is 0 Å². The van der Waals surface area contributed by atoms with E-state index >= 15 is 0 Å². The standard InChI is InChI=1S/C15H27N3/c1-14(2)6-8-15(12-16,9-7-14)5-4-13-10-17-18(3)11-13/h10-11H,4-9,12,16H2,1-3H3. The lowest BCUT2D eigenvalue weighted by atomic mass is 9.63. The highest BCUT2D eigenvalue weighted by atomic mass is 15.2. The summed E-state index contributed by atoms with van der Waals surface area (Å²) in [6.07, 6.45) is 11.6. The summed E-state index contributed by atoms with van der Waals surface area (Å²) in [6, 6.07) is 0. The fourth-order valence-electron chi connectivity index (χ4n) is 3.02. The molecule has 0 atom stereocenters. The lowest BCUT2D eigenvalue weighted by Gasteiger charge is -2.43. The molecule has 0 radical (unpaired) electrons. The van der Waals surface area contributed by atoms with Gasteiger partial charge >= 0.3 is 0 Å². The second-order valence-electron chi connectivity index (χ2n) is 6.89. The van der Waals surface area contributed by atoms with Gasteiger partial charge in [-0.05, 0) is 61.5 Å². The first-order chi connectivity index (χ1) is 8.45. The van der Waals surface area contributed by atoms with Crippen molar-refractivity contribution in [1.29, 1.82) is 0 Å². The number of aromatic nitrogens is 2.